The van der Waals surface area contributed by atoms with E-state index in [0.717, 1.165) is 57.6 Å². The van der Waals surface area contributed by atoms with Crippen LogP contribution in [-0.4, -0.2) is 48.2 Å². The van der Waals surface area contributed by atoms with Gasteiger partial charge in [0.1, 0.15) is 0 Å². The minimum Gasteiger partial charge on any atom is -0.200 e. The molecule has 0 N–H and O–H groups in total. The van der Waals surface area contributed by atoms with Gasteiger partial charge < -0.3 is 0 Å². The van der Waals surface area contributed by atoms with Crippen molar-refractivity contribution in [1.82, 2.24) is 8.83 Å². The monoisotopic (exact) mass is 792 g/mol. The number of benzene rings is 4. The average Bonchev–Trinajstić information content (AvgIpc) is 3.73. The van der Waals surface area contributed by atoms with E-state index in [9.17, 15) is 16.8 Å². The first-order chi connectivity index (χ1) is 26.4. The van der Waals surface area contributed by atoms with Crippen LogP contribution >= 0.6 is 0 Å². The first-order valence-corrected chi connectivity index (χ1v) is 22.1. The Morgan fingerprint density at radius 2 is 0.821 bits per heavy atom. The Morgan fingerprint density at radius 1 is 0.554 bits per heavy atom. The molecule has 0 saturated carbocycles. The molecular formula is C46H56N4O4S2. The number of hydrogen-bond acceptors (Lipinski definition) is 6. The van der Waals surface area contributed by atoms with Crippen molar-refractivity contribution >= 4 is 31.5 Å². The van der Waals surface area contributed by atoms with E-state index in [1.165, 1.54) is 8.83 Å². The summed E-state index contributed by atoms with van der Waals surface area (Å²) in [7, 11) is -7.56. The largest absolute Gasteiger partial charge is 0.279 e. The van der Waals surface area contributed by atoms with Crippen LogP contribution in [0.25, 0.3) is 0 Å². The van der Waals surface area contributed by atoms with Gasteiger partial charge in [0.15, 0.2) is 0 Å². The fourth-order valence-electron chi connectivity index (χ4n) is 7.69. The summed E-state index contributed by atoms with van der Waals surface area (Å²) in [5.74, 6) is -0.0288. The normalized spacial score (nSPS) is 20.7. The summed E-state index contributed by atoms with van der Waals surface area (Å²) in [6.45, 7) is 23.9. The molecule has 4 atom stereocenters. The fraction of sp³-hybridized carbons (Fsp3) is 0.348. The van der Waals surface area contributed by atoms with E-state index < -0.39 is 31.1 Å². The Bertz CT molecular complexity index is 2150. The highest BCUT2D eigenvalue weighted by Crippen LogP contribution is 2.43. The summed E-state index contributed by atoms with van der Waals surface area (Å²) in [6, 6.07) is 30.0. The molecule has 0 saturated heterocycles. The zero-order chi connectivity index (χ0) is 41.1. The Kier molecular flexibility index (Phi) is 12.7. The topological polar surface area (TPSA) is 99.5 Å². The molecule has 0 spiro atoms. The number of hydrazone groups is 2. The lowest BCUT2D eigenvalue weighted by molar-refractivity contribution is 0.179. The first-order valence-electron chi connectivity index (χ1n) is 19.2. The molecule has 296 valence electrons. The molecule has 0 unspecified atom stereocenters. The molecule has 0 amide bonds. The predicted molar refractivity (Wildman–Crippen MR) is 230 cm³/mol. The molecule has 8 nitrogen and oxygen atoms in total. The average molecular weight is 793 g/mol. The van der Waals surface area contributed by atoms with Crippen LogP contribution < -0.4 is 0 Å². The molecule has 6 rings (SSSR count). The van der Waals surface area contributed by atoms with Gasteiger partial charge in [-0.15, -0.1) is 13.2 Å². The zero-order valence-corrected chi connectivity index (χ0v) is 35.7. The first kappa shape index (κ1) is 42.3. The standard InChI is InChI=1S/2C23H28N2O2S/c2*1-6-20(7-2)23(5)16-22(19-12-8-17(3)9-13-19)24-25(23)28(26,27)21-14-10-18(4)11-15-21/h2*6,8-15,20H,1,7,16H2,2-5H3/t2*20-,23+/m00/s1. The molecule has 56 heavy (non-hydrogen) atoms. The predicted octanol–water partition coefficient (Wildman–Crippen LogP) is 10.1. The van der Waals surface area contributed by atoms with Crippen molar-refractivity contribution in [3.63, 3.8) is 0 Å². The maximum atomic E-state index is 13.5. The van der Waals surface area contributed by atoms with E-state index in [0.29, 0.717) is 12.8 Å². The number of rotatable bonds is 12. The minimum absolute atomic E-state index is 0.0144. The molecule has 4 aromatic carbocycles. The molecule has 0 aromatic heterocycles. The van der Waals surface area contributed by atoms with Crippen molar-refractivity contribution in [2.45, 2.75) is 102 Å². The molecule has 2 heterocycles. The maximum absolute atomic E-state index is 13.5. The molecule has 0 bridgehead atoms. The second-order valence-corrected chi connectivity index (χ2v) is 19.1. The maximum Gasteiger partial charge on any atom is 0.279 e. The SMILES string of the molecule is C=C[C@@H](CC)[C@@]1(C)CC(c2ccc(C)cc2)=NN1S(=O)(=O)c1ccc(C)cc1.C=C[C@@H](CC)[C@@]1(C)CC(c2ccc(C)cc2)=NN1S(=O)(=O)c1ccc(C)cc1. The smallest absolute Gasteiger partial charge is 0.200 e. The van der Waals surface area contributed by atoms with Crippen molar-refractivity contribution in [3.8, 4) is 0 Å². The molecule has 0 fully saturated rings. The third kappa shape index (κ3) is 8.32. The number of nitrogens with zero attached hydrogens (tertiary/aromatic N) is 4. The third-order valence-corrected chi connectivity index (χ3v) is 14.9. The molecule has 0 radical (unpaired) electrons. The summed E-state index contributed by atoms with van der Waals surface area (Å²) in [5, 5.41) is 9.29. The second-order valence-electron chi connectivity index (χ2n) is 15.5. The lowest BCUT2D eigenvalue weighted by Gasteiger charge is -2.38. The van der Waals surface area contributed by atoms with Crippen LogP contribution in [0.4, 0.5) is 0 Å². The van der Waals surface area contributed by atoms with Gasteiger partial charge in [0.2, 0.25) is 0 Å². The third-order valence-electron chi connectivity index (χ3n) is 11.3. The molecular weight excluding hydrogens is 737 g/mol. The summed E-state index contributed by atoms with van der Waals surface area (Å²) in [6.07, 6.45) is 6.38. The number of hydrogen-bond donors (Lipinski definition) is 0. The molecule has 4 aromatic rings. The summed E-state index contributed by atoms with van der Waals surface area (Å²) < 4.78 is 56.7. The van der Waals surface area contributed by atoms with Crippen LogP contribution in [0.2, 0.25) is 0 Å². The Hall–Kier alpha value is -4.80. The lowest BCUT2D eigenvalue weighted by Crippen LogP contribution is -2.48. The van der Waals surface area contributed by atoms with E-state index in [2.05, 4.69) is 37.2 Å². The Morgan fingerprint density at radius 3 is 1.07 bits per heavy atom. The van der Waals surface area contributed by atoms with Crippen LogP contribution in [-0.2, 0) is 20.0 Å². The fourth-order valence-corrected chi connectivity index (χ4v) is 11.0. The van der Waals surface area contributed by atoms with Gasteiger partial charge in [-0.2, -0.15) is 35.9 Å². The van der Waals surface area contributed by atoms with Crippen molar-refractivity contribution in [3.05, 3.63) is 156 Å². The second kappa shape index (κ2) is 16.7. The van der Waals surface area contributed by atoms with Gasteiger partial charge in [0, 0.05) is 24.7 Å². The quantitative estimate of drug-likeness (QED) is 0.133. The van der Waals surface area contributed by atoms with E-state index >= 15 is 0 Å². The Labute approximate surface area is 335 Å². The number of aryl methyl sites for hydroxylation is 4. The van der Waals surface area contributed by atoms with Crippen LogP contribution in [0, 0.1) is 39.5 Å². The zero-order valence-electron chi connectivity index (χ0n) is 34.0. The molecule has 10 heteroatoms. The van der Waals surface area contributed by atoms with Crippen molar-refractivity contribution in [2.75, 3.05) is 0 Å². The van der Waals surface area contributed by atoms with Crippen LogP contribution in [0.1, 0.15) is 86.8 Å². The van der Waals surface area contributed by atoms with E-state index in [1.807, 2.05) is 126 Å². The molecule has 2 aliphatic heterocycles. The lowest BCUT2D eigenvalue weighted by atomic mass is 9.80. The summed E-state index contributed by atoms with van der Waals surface area (Å²) >= 11 is 0. The van der Waals surface area contributed by atoms with Crippen LogP contribution in [0.5, 0.6) is 0 Å². The van der Waals surface area contributed by atoms with Gasteiger partial charge in [-0.05, 0) is 89.8 Å². The van der Waals surface area contributed by atoms with Crippen LogP contribution in [0.15, 0.2) is 142 Å². The molecule has 2 aliphatic rings. The minimum atomic E-state index is -3.78. The van der Waals surface area contributed by atoms with Crippen LogP contribution in [0.3, 0.4) is 0 Å². The van der Waals surface area contributed by atoms with Crippen molar-refractivity contribution < 1.29 is 16.8 Å². The molecule has 0 aliphatic carbocycles. The van der Waals surface area contributed by atoms with Crippen molar-refractivity contribution in [2.24, 2.45) is 22.0 Å². The highest BCUT2D eigenvalue weighted by Gasteiger charge is 2.50. The van der Waals surface area contributed by atoms with Gasteiger partial charge in [-0.3, -0.25) is 0 Å². The number of sulfonamides is 2. The highest BCUT2D eigenvalue weighted by atomic mass is 32.2. The summed E-state index contributed by atoms with van der Waals surface area (Å²) in [5.41, 5.74) is 6.46. The Balaban J connectivity index is 0.000000214. The van der Waals surface area contributed by atoms with E-state index in [-0.39, 0.29) is 21.6 Å². The highest BCUT2D eigenvalue weighted by molar-refractivity contribution is 7.89. The van der Waals surface area contributed by atoms with E-state index in [1.54, 1.807) is 24.3 Å². The van der Waals surface area contributed by atoms with Gasteiger partial charge >= 0.3 is 0 Å². The van der Waals surface area contributed by atoms with E-state index in [4.69, 9.17) is 0 Å². The van der Waals surface area contributed by atoms with Gasteiger partial charge in [-0.25, -0.2) is 0 Å². The van der Waals surface area contributed by atoms with Gasteiger partial charge in [0.25, 0.3) is 20.0 Å². The van der Waals surface area contributed by atoms with Crippen molar-refractivity contribution in [1.29, 1.82) is 0 Å². The summed E-state index contributed by atoms with van der Waals surface area (Å²) in [4.78, 5) is 0.522. The van der Waals surface area contributed by atoms with Gasteiger partial charge in [-0.1, -0.05) is 121 Å². The van der Waals surface area contributed by atoms with Gasteiger partial charge in [0.05, 0.1) is 32.3 Å².